The van der Waals surface area contributed by atoms with E-state index in [1.165, 1.54) is 16.5 Å². The van der Waals surface area contributed by atoms with E-state index in [0.29, 0.717) is 6.54 Å². The van der Waals surface area contributed by atoms with Crippen molar-refractivity contribution in [2.24, 2.45) is 11.3 Å². The first kappa shape index (κ1) is 13.6. The van der Waals surface area contributed by atoms with Crippen LogP contribution in [0.3, 0.4) is 0 Å². The molecule has 2 rings (SSSR count). The molecule has 0 fully saturated rings. The van der Waals surface area contributed by atoms with Crippen molar-refractivity contribution < 1.29 is 4.79 Å². The number of nitrogens with one attached hydrogen (secondary N) is 1. The second-order valence-electron chi connectivity index (χ2n) is 5.51. The molecule has 0 saturated carbocycles. The van der Waals surface area contributed by atoms with Crippen molar-refractivity contribution in [3.63, 3.8) is 0 Å². The number of carbonyl (C=O) groups is 1. The fraction of sp³-hybridized carbons (Fsp3) is 0.400. The molecule has 0 atom stereocenters. The maximum atomic E-state index is 11.8. The largest absolute Gasteiger partial charge is 0.346 e. The summed E-state index contributed by atoms with van der Waals surface area (Å²) in [6.07, 6.45) is 3.01. The van der Waals surface area contributed by atoms with Crippen LogP contribution in [0.15, 0.2) is 30.5 Å². The van der Waals surface area contributed by atoms with Crippen molar-refractivity contribution in [1.82, 2.24) is 9.99 Å². The molecule has 19 heavy (non-hydrogen) atoms. The van der Waals surface area contributed by atoms with E-state index >= 15 is 0 Å². The highest BCUT2D eigenvalue weighted by Crippen LogP contribution is 2.25. The molecular formula is C15H21N3O. The second-order valence-corrected chi connectivity index (χ2v) is 5.51. The highest BCUT2D eigenvalue weighted by Gasteiger charge is 2.28. The van der Waals surface area contributed by atoms with Crippen LogP contribution in [0.5, 0.6) is 0 Å². The Morgan fingerprint density at radius 3 is 2.74 bits per heavy atom. The summed E-state index contributed by atoms with van der Waals surface area (Å²) in [5.41, 5.74) is 4.21. The zero-order valence-electron chi connectivity index (χ0n) is 11.7. The zero-order chi connectivity index (χ0) is 14.0. The lowest BCUT2D eigenvalue weighted by Crippen LogP contribution is -2.43. The quantitative estimate of drug-likeness (QED) is 0.502. The molecule has 0 saturated heterocycles. The molecule has 0 bridgehead atoms. The van der Waals surface area contributed by atoms with Gasteiger partial charge in [0.05, 0.1) is 10.9 Å². The standard InChI is InChI=1S/C15H21N3O/c1-4-11-6-5-7-12-8-9-18(13(11)12)10-15(2,3)14(19)17-16/h5-9H,4,10,16H2,1-3H3,(H,17,19). The van der Waals surface area contributed by atoms with Gasteiger partial charge in [-0.1, -0.05) is 25.1 Å². The monoisotopic (exact) mass is 259 g/mol. The summed E-state index contributed by atoms with van der Waals surface area (Å²) < 4.78 is 2.14. The number of aryl methyl sites for hydroxylation is 1. The van der Waals surface area contributed by atoms with Crippen LogP contribution in [0.4, 0.5) is 0 Å². The smallest absolute Gasteiger partial charge is 0.241 e. The first-order valence-electron chi connectivity index (χ1n) is 6.57. The summed E-state index contributed by atoms with van der Waals surface area (Å²) in [5.74, 6) is 5.10. The van der Waals surface area contributed by atoms with Gasteiger partial charge in [0.1, 0.15) is 0 Å². The van der Waals surface area contributed by atoms with Crippen molar-refractivity contribution in [2.45, 2.75) is 33.7 Å². The summed E-state index contributed by atoms with van der Waals surface area (Å²) in [6, 6.07) is 8.39. The minimum atomic E-state index is -0.540. The molecule has 1 heterocycles. The number of nitrogens with two attached hydrogens (primary N) is 1. The molecule has 102 valence electrons. The van der Waals surface area contributed by atoms with Crippen LogP contribution in [-0.4, -0.2) is 10.5 Å². The molecule has 3 N–H and O–H groups in total. The van der Waals surface area contributed by atoms with Crippen LogP contribution < -0.4 is 11.3 Å². The number of fused-ring (bicyclic) bond motifs is 1. The summed E-state index contributed by atoms with van der Waals surface area (Å²) >= 11 is 0. The second kappa shape index (κ2) is 5.05. The Labute approximate surface area is 113 Å². The zero-order valence-corrected chi connectivity index (χ0v) is 11.7. The van der Waals surface area contributed by atoms with E-state index in [1.807, 2.05) is 20.0 Å². The lowest BCUT2D eigenvalue weighted by molar-refractivity contribution is -0.130. The van der Waals surface area contributed by atoms with E-state index in [-0.39, 0.29) is 5.91 Å². The van der Waals surface area contributed by atoms with Gasteiger partial charge in [-0.25, -0.2) is 5.84 Å². The van der Waals surface area contributed by atoms with Gasteiger partial charge in [0.25, 0.3) is 0 Å². The van der Waals surface area contributed by atoms with Crippen LogP contribution in [0.25, 0.3) is 10.9 Å². The van der Waals surface area contributed by atoms with Gasteiger partial charge in [-0.05, 0) is 37.3 Å². The summed E-state index contributed by atoms with van der Waals surface area (Å²) in [6.45, 7) is 6.55. The van der Waals surface area contributed by atoms with E-state index < -0.39 is 5.41 Å². The van der Waals surface area contributed by atoms with Crippen molar-refractivity contribution in [3.8, 4) is 0 Å². The fourth-order valence-corrected chi connectivity index (χ4v) is 2.45. The van der Waals surface area contributed by atoms with Gasteiger partial charge in [-0.2, -0.15) is 0 Å². The Hall–Kier alpha value is -1.81. The van der Waals surface area contributed by atoms with Crippen LogP contribution >= 0.6 is 0 Å². The van der Waals surface area contributed by atoms with Crippen LogP contribution in [0, 0.1) is 5.41 Å². The molecule has 1 aromatic heterocycles. The number of rotatable bonds is 4. The van der Waals surface area contributed by atoms with Gasteiger partial charge in [0, 0.05) is 12.7 Å². The Morgan fingerprint density at radius 2 is 2.11 bits per heavy atom. The van der Waals surface area contributed by atoms with E-state index in [9.17, 15) is 4.79 Å². The van der Waals surface area contributed by atoms with Gasteiger partial charge in [-0.3, -0.25) is 10.2 Å². The third kappa shape index (κ3) is 2.49. The topological polar surface area (TPSA) is 60.0 Å². The number of nitrogens with zero attached hydrogens (tertiary/aromatic N) is 1. The lowest BCUT2D eigenvalue weighted by atomic mass is 9.92. The van der Waals surface area contributed by atoms with E-state index in [0.717, 1.165) is 6.42 Å². The third-order valence-corrected chi connectivity index (χ3v) is 3.56. The summed E-state index contributed by atoms with van der Waals surface area (Å²) in [7, 11) is 0. The van der Waals surface area contributed by atoms with Gasteiger partial charge in [0.15, 0.2) is 0 Å². The number of hydrazine groups is 1. The Bertz CT molecular complexity index is 598. The summed E-state index contributed by atoms with van der Waals surface area (Å²) in [4.78, 5) is 11.8. The molecule has 2 aromatic rings. The van der Waals surface area contributed by atoms with Gasteiger partial charge >= 0.3 is 0 Å². The van der Waals surface area contributed by atoms with Crippen molar-refractivity contribution in [3.05, 3.63) is 36.0 Å². The van der Waals surface area contributed by atoms with E-state index in [1.54, 1.807) is 0 Å². The maximum absolute atomic E-state index is 11.8. The molecule has 1 amide bonds. The number of benzene rings is 1. The first-order chi connectivity index (χ1) is 8.99. The molecule has 1 aromatic carbocycles. The van der Waals surface area contributed by atoms with Crippen LogP contribution in [0.2, 0.25) is 0 Å². The van der Waals surface area contributed by atoms with Gasteiger partial charge < -0.3 is 4.57 Å². The minimum Gasteiger partial charge on any atom is -0.346 e. The maximum Gasteiger partial charge on any atom is 0.241 e. The number of amides is 1. The van der Waals surface area contributed by atoms with Crippen molar-refractivity contribution in [1.29, 1.82) is 0 Å². The first-order valence-corrected chi connectivity index (χ1v) is 6.57. The Balaban J connectivity index is 2.44. The SMILES string of the molecule is CCc1cccc2ccn(CC(C)(C)C(=O)NN)c12. The van der Waals surface area contributed by atoms with E-state index in [4.69, 9.17) is 5.84 Å². The third-order valence-electron chi connectivity index (χ3n) is 3.56. The summed E-state index contributed by atoms with van der Waals surface area (Å²) in [5, 5.41) is 1.21. The van der Waals surface area contributed by atoms with Crippen LogP contribution in [0.1, 0.15) is 26.3 Å². The van der Waals surface area contributed by atoms with Crippen molar-refractivity contribution in [2.75, 3.05) is 0 Å². The molecule has 0 spiro atoms. The average Bonchev–Trinajstić information content (AvgIpc) is 2.80. The molecular weight excluding hydrogens is 238 g/mol. The van der Waals surface area contributed by atoms with E-state index in [2.05, 4.69) is 41.2 Å². The molecule has 4 nitrogen and oxygen atoms in total. The highest BCUT2D eigenvalue weighted by molar-refractivity contribution is 5.84. The highest BCUT2D eigenvalue weighted by atomic mass is 16.2. The van der Waals surface area contributed by atoms with Gasteiger partial charge in [-0.15, -0.1) is 0 Å². The molecule has 0 aliphatic rings. The average molecular weight is 259 g/mol. The van der Waals surface area contributed by atoms with Gasteiger partial charge in [0.2, 0.25) is 5.91 Å². The predicted octanol–water partition coefficient (Wildman–Crippen LogP) is 2.22. The fourth-order valence-electron chi connectivity index (χ4n) is 2.45. The number of hydrogen-bond donors (Lipinski definition) is 2. The lowest BCUT2D eigenvalue weighted by Gasteiger charge is -2.24. The Kier molecular flexibility index (Phi) is 3.62. The normalized spacial score (nSPS) is 11.8. The molecule has 0 unspecified atom stereocenters. The molecule has 0 aliphatic heterocycles. The molecule has 0 aliphatic carbocycles. The number of carbonyl (C=O) groups excluding carboxylic acids is 1. The molecule has 0 radical (unpaired) electrons. The molecule has 4 heteroatoms. The van der Waals surface area contributed by atoms with Crippen LogP contribution in [-0.2, 0) is 17.8 Å². The Morgan fingerprint density at radius 1 is 1.37 bits per heavy atom. The predicted molar refractivity (Wildman–Crippen MR) is 77.4 cm³/mol. The number of para-hydroxylation sites is 1. The minimum absolute atomic E-state index is 0.150. The number of hydrogen-bond acceptors (Lipinski definition) is 2. The number of aromatic nitrogens is 1. The van der Waals surface area contributed by atoms with Crippen molar-refractivity contribution >= 4 is 16.8 Å².